The SMILES string of the molecule is CCOCCC(/C=N\NC(N)=S)=N\NC(N)=S. The average molecular weight is 276 g/mol. The van der Waals surface area contributed by atoms with Gasteiger partial charge in [0.25, 0.3) is 0 Å². The Hall–Kier alpha value is -1.32. The molecule has 0 aliphatic rings. The van der Waals surface area contributed by atoms with Crippen molar-refractivity contribution < 1.29 is 4.74 Å². The van der Waals surface area contributed by atoms with Gasteiger partial charge in [-0.2, -0.15) is 10.2 Å². The average Bonchev–Trinajstić information content (AvgIpc) is 2.24. The molecular weight excluding hydrogens is 260 g/mol. The quantitative estimate of drug-likeness (QED) is 0.213. The summed E-state index contributed by atoms with van der Waals surface area (Å²) in [5.41, 5.74) is 16.0. The normalized spacial score (nSPS) is 11.5. The molecule has 0 aromatic rings. The number of ether oxygens (including phenoxy) is 1. The molecule has 0 aliphatic heterocycles. The van der Waals surface area contributed by atoms with Crippen LogP contribution in [0.4, 0.5) is 0 Å². The Bertz CT molecular complexity index is 317. The number of thiocarbonyl (C=S) groups is 2. The van der Waals surface area contributed by atoms with Crippen LogP contribution in [0.1, 0.15) is 13.3 Å². The minimum absolute atomic E-state index is 0.0766. The number of hydrogen-bond donors (Lipinski definition) is 4. The van der Waals surface area contributed by atoms with Gasteiger partial charge in [-0.25, -0.2) is 0 Å². The minimum atomic E-state index is 0.0766. The Morgan fingerprint density at radius 3 is 2.47 bits per heavy atom. The number of hydrazone groups is 2. The zero-order valence-corrected chi connectivity index (χ0v) is 11.1. The maximum atomic E-state index is 5.25. The minimum Gasteiger partial charge on any atom is -0.381 e. The maximum absolute atomic E-state index is 5.25. The zero-order chi connectivity index (χ0) is 13.1. The molecule has 0 saturated carbocycles. The lowest BCUT2D eigenvalue weighted by atomic mass is 10.3. The molecule has 0 aliphatic carbocycles. The van der Waals surface area contributed by atoms with Gasteiger partial charge in [-0.1, -0.05) is 0 Å². The summed E-state index contributed by atoms with van der Waals surface area (Å²) in [5, 5.41) is 7.87. The number of hydrogen-bond acceptors (Lipinski definition) is 5. The highest BCUT2D eigenvalue weighted by Crippen LogP contribution is 1.86. The second-order valence-corrected chi connectivity index (χ2v) is 3.64. The smallest absolute Gasteiger partial charge is 0.184 e. The molecule has 0 saturated heterocycles. The Morgan fingerprint density at radius 2 is 1.94 bits per heavy atom. The third kappa shape index (κ3) is 11.0. The van der Waals surface area contributed by atoms with E-state index in [9.17, 15) is 0 Å². The predicted molar refractivity (Wildman–Crippen MR) is 76.9 cm³/mol. The number of rotatable bonds is 7. The molecule has 7 nitrogen and oxygen atoms in total. The third-order valence-electron chi connectivity index (χ3n) is 1.40. The van der Waals surface area contributed by atoms with E-state index in [1.807, 2.05) is 6.92 Å². The molecule has 0 rings (SSSR count). The molecule has 0 fully saturated rings. The summed E-state index contributed by atoms with van der Waals surface area (Å²) in [7, 11) is 0. The summed E-state index contributed by atoms with van der Waals surface area (Å²) in [6, 6.07) is 0. The van der Waals surface area contributed by atoms with Crippen LogP contribution >= 0.6 is 24.4 Å². The van der Waals surface area contributed by atoms with E-state index in [2.05, 4.69) is 45.5 Å². The van der Waals surface area contributed by atoms with Crippen molar-refractivity contribution in [2.24, 2.45) is 21.7 Å². The largest absolute Gasteiger partial charge is 0.381 e. The van der Waals surface area contributed by atoms with Crippen LogP contribution in [0.5, 0.6) is 0 Å². The van der Waals surface area contributed by atoms with Crippen molar-refractivity contribution in [1.29, 1.82) is 0 Å². The van der Waals surface area contributed by atoms with Crippen molar-refractivity contribution in [3.63, 3.8) is 0 Å². The van der Waals surface area contributed by atoms with Crippen molar-refractivity contribution >= 4 is 46.6 Å². The van der Waals surface area contributed by atoms with Gasteiger partial charge in [0.15, 0.2) is 10.2 Å². The molecule has 0 bridgehead atoms. The van der Waals surface area contributed by atoms with Gasteiger partial charge in [0.05, 0.1) is 18.5 Å². The summed E-state index contributed by atoms with van der Waals surface area (Å²) in [4.78, 5) is 0. The fraction of sp³-hybridized carbons (Fsp3) is 0.500. The first kappa shape index (κ1) is 15.7. The fourth-order valence-electron chi connectivity index (χ4n) is 0.768. The molecule has 0 amide bonds. The van der Waals surface area contributed by atoms with Gasteiger partial charge in [0, 0.05) is 13.0 Å². The van der Waals surface area contributed by atoms with E-state index in [0.29, 0.717) is 25.3 Å². The van der Waals surface area contributed by atoms with E-state index < -0.39 is 0 Å². The first-order chi connectivity index (χ1) is 8.06. The molecule has 9 heteroatoms. The van der Waals surface area contributed by atoms with Crippen LogP contribution in [-0.4, -0.2) is 35.4 Å². The molecule has 96 valence electrons. The van der Waals surface area contributed by atoms with Crippen molar-refractivity contribution in [3.05, 3.63) is 0 Å². The summed E-state index contributed by atoms with van der Waals surface area (Å²) >= 11 is 9.22. The Kier molecular flexibility index (Phi) is 9.11. The highest BCUT2D eigenvalue weighted by molar-refractivity contribution is 7.80. The molecule has 0 aromatic heterocycles. The van der Waals surface area contributed by atoms with Gasteiger partial charge >= 0.3 is 0 Å². The third-order valence-corrected chi connectivity index (χ3v) is 1.59. The van der Waals surface area contributed by atoms with E-state index in [1.54, 1.807) is 0 Å². The number of nitrogens with one attached hydrogen (secondary N) is 2. The molecule has 0 atom stereocenters. The molecule has 0 spiro atoms. The van der Waals surface area contributed by atoms with Gasteiger partial charge in [0.2, 0.25) is 0 Å². The molecular formula is C8H16N6OS2. The topological polar surface area (TPSA) is 110 Å². The lowest BCUT2D eigenvalue weighted by molar-refractivity contribution is 0.155. The Morgan fingerprint density at radius 1 is 1.29 bits per heavy atom. The summed E-state index contributed by atoms with van der Waals surface area (Å²) in [6.07, 6.45) is 2.02. The van der Waals surface area contributed by atoms with Gasteiger partial charge in [-0.3, -0.25) is 10.9 Å². The lowest BCUT2D eigenvalue weighted by Crippen LogP contribution is -2.27. The number of nitrogens with two attached hydrogens (primary N) is 2. The van der Waals surface area contributed by atoms with Crippen LogP contribution in [-0.2, 0) is 4.74 Å². The van der Waals surface area contributed by atoms with E-state index >= 15 is 0 Å². The van der Waals surface area contributed by atoms with Gasteiger partial charge in [-0.05, 0) is 31.4 Å². The second-order valence-electron chi connectivity index (χ2n) is 2.76. The van der Waals surface area contributed by atoms with E-state index in [-0.39, 0.29) is 10.2 Å². The highest BCUT2D eigenvalue weighted by Gasteiger charge is 1.97. The van der Waals surface area contributed by atoms with Crippen LogP contribution in [0.3, 0.4) is 0 Å². The fourth-order valence-corrected chi connectivity index (χ4v) is 0.866. The van der Waals surface area contributed by atoms with Crippen molar-refractivity contribution in [1.82, 2.24) is 10.9 Å². The lowest BCUT2D eigenvalue weighted by Gasteiger charge is -2.03. The van der Waals surface area contributed by atoms with Crippen LogP contribution < -0.4 is 22.3 Å². The molecule has 0 aromatic carbocycles. The van der Waals surface area contributed by atoms with Gasteiger partial charge in [0.1, 0.15) is 0 Å². The van der Waals surface area contributed by atoms with Crippen LogP contribution in [0, 0.1) is 0 Å². The molecule has 0 unspecified atom stereocenters. The Labute approximate surface area is 111 Å². The second kappa shape index (κ2) is 9.87. The maximum Gasteiger partial charge on any atom is 0.184 e. The van der Waals surface area contributed by atoms with Crippen LogP contribution in [0.25, 0.3) is 0 Å². The first-order valence-corrected chi connectivity index (χ1v) is 5.66. The zero-order valence-electron chi connectivity index (χ0n) is 9.47. The van der Waals surface area contributed by atoms with E-state index in [4.69, 9.17) is 16.2 Å². The molecule has 0 radical (unpaired) electrons. The Balaban J connectivity index is 4.28. The summed E-state index contributed by atoms with van der Waals surface area (Å²) < 4.78 is 5.19. The number of nitrogens with zero attached hydrogens (tertiary/aromatic N) is 2. The standard InChI is InChI=1S/C8H16N6OS2/c1-2-15-4-3-6(12-14-8(10)17)5-11-13-7(9)16/h5H,2-4H2,1H3,(H3,9,13,16)(H3,10,14,17)/b11-5-,12-6+. The molecule has 0 heterocycles. The summed E-state index contributed by atoms with van der Waals surface area (Å²) in [5.74, 6) is 0. The van der Waals surface area contributed by atoms with Crippen LogP contribution in [0.2, 0.25) is 0 Å². The van der Waals surface area contributed by atoms with Crippen molar-refractivity contribution in [2.45, 2.75) is 13.3 Å². The first-order valence-electron chi connectivity index (χ1n) is 4.84. The molecule has 17 heavy (non-hydrogen) atoms. The van der Waals surface area contributed by atoms with Crippen LogP contribution in [0.15, 0.2) is 10.2 Å². The molecule has 6 N–H and O–H groups in total. The van der Waals surface area contributed by atoms with E-state index in [0.717, 1.165) is 0 Å². The highest BCUT2D eigenvalue weighted by atomic mass is 32.1. The van der Waals surface area contributed by atoms with E-state index in [1.165, 1.54) is 6.21 Å². The van der Waals surface area contributed by atoms with Crippen molar-refractivity contribution in [2.75, 3.05) is 13.2 Å². The summed E-state index contributed by atoms with van der Waals surface area (Å²) in [6.45, 7) is 3.07. The van der Waals surface area contributed by atoms with Crippen molar-refractivity contribution in [3.8, 4) is 0 Å². The predicted octanol–water partition coefficient (Wildman–Crippen LogP) is -0.579. The monoisotopic (exact) mass is 276 g/mol. The van der Waals surface area contributed by atoms with Gasteiger partial charge in [-0.15, -0.1) is 0 Å². The van der Waals surface area contributed by atoms with Gasteiger partial charge < -0.3 is 16.2 Å².